The van der Waals surface area contributed by atoms with Crippen LogP contribution in [0.4, 0.5) is 0 Å². The first-order valence-electron chi connectivity index (χ1n) is 11.7. The number of aromatic nitrogens is 3. The van der Waals surface area contributed by atoms with Gasteiger partial charge in [-0.2, -0.15) is 11.8 Å². The number of nitrogens with one attached hydrogen (secondary N) is 1. The highest BCUT2D eigenvalue weighted by Gasteiger charge is 2.22. The van der Waals surface area contributed by atoms with Gasteiger partial charge < -0.3 is 9.88 Å². The SMILES string of the molecule is O=C(CCSCc1nc2sc3c(c2c(=O)[nH]1)CCCC3)N1CCN(Cc2cccnc2)CC1. The zero-order valence-corrected chi connectivity index (χ0v) is 20.3. The number of amides is 1. The van der Waals surface area contributed by atoms with Crippen molar-refractivity contribution in [1.29, 1.82) is 0 Å². The zero-order valence-electron chi connectivity index (χ0n) is 18.7. The van der Waals surface area contributed by atoms with Crippen molar-refractivity contribution >= 4 is 39.2 Å². The van der Waals surface area contributed by atoms with Crippen molar-refractivity contribution in [3.8, 4) is 0 Å². The minimum absolute atomic E-state index is 0.00442. The van der Waals surface area contributed by atoms with Gasteiger partial charge in [-0.15, -0.1) is 11.3 Å². The minimum Gasteiger partial charge on any atom is -0.340 e. The van der Waals surface area contributed by atoms with Gasteiger partial charge in [0.05, 0.1) is 11.1 Å². The lowest BCUT2D eigenvalue weighted by Gasteiger charge is -2.34. The molecule has 9 heteroatoms. The van der Waals surface area contributed by atoms with E-state index in [1.165, 1.54) is 22.4 Å². The second-order valence-corrected chi connectivity index (χ2v) is 10.9. The van der Waals surface area contributed by atoms with Crippen LogP contribution in [0.1, 0.15) is 41.1 Å². The Hall–Kier alpha value is -2.23. The number of nitrogens with zero attached hydrogens (tertiary/aromatic N) is 4. The van der Waals surface area contributed by atoms with E-state index < -0.39 is 0 Å². The maximum Gasteiger partial charge on any atom is 0.259 e. The number of hydrogen-bond acceptors (Lipinski definition) is 7. The Morgan fingerprint density at radius 3 is 2.85 bits per heavy atom. The molecule has 1 fully saturated rings. The number of thioether (sulfide) groups is 1. The Labute approximate surface area is 201 Å². The van der Waals surface area contributed by atoms with Crippen LogP contribution in [0.25, 0.3) is 10.2 Å². The van der Waals surface area contributed by atoms with Crippen LogP contribution in [-0.4, -0.2) is 62.6 Å². The van der Waals surface area contributed by atoms with Gasteiger partial charge >= 0.3 is 0 Å². The molecule has 2 aliphatic rings. The molecule has 1 N–H and O–H groups in total. The van der Waals surface area contributed by atoms with Crippen LogP contribution < -0.4 is 5.56 Å². The molecule has 3 aromatic rings. The van der Waals surface area contributed by atoms with E-state index in [9.17, 15) is 9.59 Å². The van der Waals surface area contributed by atoms with Crippen molar-refractivity contribution in [3.63, 3.8) is 0 Å². The number of piperazine rings is 1. The number of carbonyl (C=O) groups is 1. The average molecular weight is 484 g/mol. The number of aromatic amines is 1. The van der Waals surface area contributed by atoms with Gasteiger partial charge in [-0.3, -0.25) is 19.5 Å². The lowest BCUT2D eigenvalue weighted by atomic mass is 9.97. The van der Waals surface area contributed by atoms with Gasteiger partial charge in [-0.05, 0) is 42.9 Å². The first-order chi connectivity index (χ1) is 16.2. The highest BCUT2D eigenvalue weighted by Crippen LogP contribution is 2.33. The van der Waals surface area contributed by atoms with Gasteiger partial charge in [0.15, 0.2) is 0 Å². The number of carbonyl (C=O) groups excluding carboxylic acids is 1. The van der Waals surface area contributed by atoms with Crippen LogP contribution in [0.2, 0.25) is 0 Å². The van der Waals surface area contributed by atoms with Crippen LogP contribution in [0.3, 0.4) is 0 Å². The average Bonchev–Trinajstić information content (AvgIpc) is 3.22. The lowest BCUT2D eigenvalue weighted by Crippen LogP contribution is -2.48. The zero-order chi connectivity index (χ0) is 22.6. The fourth-order valence-electron chi connectivity index (χ4n) is 4.67. The second-order valence-electron chi connectivity index (χ2n) is 8.72. The molecule has 1 amide bonds. The van der Waals surface area contributed by atoms with E-state index in [1.54, 1.807) is 29.3 Å². The van der Waals surface area contributed by atoms with E-state index in [0.717, 1.165) is 68.0 Å². The predicted octanol–water partition coefficient (Wildman–Crippen LogP) is 3.23. The van der Waals surface area contributed by atoms with Crippen LogP contribution in [-0.2, 0) is 29.9 Å². The standard InChI is InChI=1S/C24H29N5O2S2/c30-21(29-11-9-28(10-12-29)15-17-4-3-8-25-14-17)7-13-32-16-20-26-23(31)22-18-5-1-2-6-19(18)33-24(22)27-20/h3-4,8,14H,1-2,5-7,9-13,15-16H2,(H,26,27,31). The number of H-pyrrole nitrogens is 1. The molecule has 33 heavy (non-hydrogen) atoms. The largest absolute Gasteiger partial charge is 0.340 e. The van der Waals surface area contributed by atoms with Gasteiger partial charge in [0, 0.05) is 62.2 Å². The maximum atomic E-state index is 12.7. The number of thiophene rings is 1. The van der Waals surface area contributed by atoms with Crippen LogP contribution in [0.15, 0.2) is 29.3 Å². The molecular formula is C24H29N5O2S2. The van der Waals surface area contributed by atoms with Crippen molar-refractivity contribution in [2.24, 2.45) is 0 Å². The van der Waals surface area contributed by atoms with Crippen molar-refractivity contribution in [2.75, 3.05) is 31.9 Å². The Morgan fingerprint density at radius 1 is 1.18 bits per heavy atom. The lowest BCUT2D eigenvalue weighted by molar-refractivity contribution is -0.132. The van der Waals surface area contributed by atoms with E-state index in [0.29, 0.717) is 18.0 Å². The van der Waals surface area contributed by atoms with E-state index >= 15 is 0 Å². The predicted molar refractivity (Wildman–Crippen MR) is 134 cm³/mol. The molecule has 0 aromatic carbocycles. The maximum absolute atomic E-state index is 12.7. The van der Waals surface area contributed by atoms with Crippen molar-refractivity contribution < 1.29 is 4.79 Å². The van der Waals surface area contributed by atoms with Crippen molar-refractivity contribution in [2.45, 2.75) is 44.4 Å². The molecular weight excluding hydrogens is 454 g/mol. The Balaban J connectivity index is 1.07. The van der Waals surface area contributed by atoms with E-state index in [4.69, 9.17) is 4.98 Å². The van der Waals surface area contributed by atoms with Gasteiger partial charge in [0.25, 0.3) is 5.56 Å². The topological polar surface area (TPSA) is 82.2 Å². The van der Waals surface area contributed by atoms with Gasteiger partial charge in [0.1, 0.15) is 10.7 Å². The molecule has 0 unspecified atom stereocenters. The van der Waals surface area contributed by atoms with Gasteiger partial charge in [-0.1, -0.05) is 6.07 Å². The molecule has 1 saturated heterocycles. The number of rotatable bonds is 7. The first kappa shape index (κ1) is 22.6. The van der Waals surface area contributed by atoms with Crippen molar-refractivity contribution in [1.82, 2.24) is 24.8 Å². The minimum atomic E-state index is -0.00442. The van der Waals surface area contributed by atoms with Crippen molar-refractivity contribution in [3.05, 3.63) is 56.7 Å². The number of aryl methyl sites for hydroxylation is 2. The molecule has 174 valence electrons. The summed E-state index contributed by atoms with van der Waals surface area (Å²) < 4.78 is 0. The molecule has 0 atom stereocenters. The summed E-state index contributed by atoms with van der Waals surface area (Å²) in [5.74, 6) is 2.29. The molecule has 0 radical (unpaired) electrons. The third kappa shape index (κ3) is 5.31. The first-order valence-corrected chi connectivity index (χ1v) is 13.6. The third-order valence-electron chi connectivity index (χ3n) is 6.43. The number of pyridine rings is 1. The van der Waals surface area contributed by atoms with Crippen LogP contribution >= 0.6 is 23.1 Å². The molecule has 5 rings (SSSR count). The van der Waals surface area contributed by atoms with Crippen LogP contribution in [0, 0.1) is 0 Å². The summed E-state index contributed by atoms with van der Waals surface area (Å²) in [5, 5.41) is 0.807. The highest BCUT2D eigenvalue weighted by atomic mass is 32.2. The summed E-state index contributed by atoms with van der Waals surface area (Å²) in [5.41, 5.74) is 2.43. The molecule has 0 bridgehead atoms. The Morgan fingerprint density at radius 2 is 2.03 bits per heavy atom. The molecule has 3 aromatic heterocycles. The van der Waals surface area contributed by atoms with Gasteiger partial charge in [0.2, 0.25) is 5.91 Å². The summed E-state index contributed by atoms with van der Waals surface area (Å²) in [7, 11) is 0. The quantitative estimate of drug-likeness (QED) is 0.520. The highest BCUT2D eigenvalue weighted by molar-refractivity contribution is 7.98. The smallest absolute Gasteiger partial charge is 0.259 e. The molecule has 0 saturated carbocycles. The van der Waals surface area contributed by atoms with Gasteiger partial charge in [-0.25, -0.2) is 4.98 Å². The van der Waals surface area contributed by atoms with E-state index in [1.807, 2.05) is 17.2 Å². The summed E-state index contributed by atoms with van der Waals surface area (Å²) in [6.07, 6.45) is 8.64. The van der Waals surface area contributed by atoms with E-state index in [2.05, 4.69) is 20.9 Å². The molecule has 7 nitrogen and oxygen atoms in total. The molecule has 1 aliphatic heterocycles. The van der Waals surface area contributed by atoms with Crippen LogP contribution in [0.5, 0.6) is 0 Å². The summed E-state index contributed by atoms with van der Waals surface area (Å²) in [6, 6.07) is 4.05. The number of fused-ring (bicyclic) bond motifs is 3. The third-order valence-corrected chi connectivity index (χ3v) is 8.58. The molecule has 4 heterocycles. The monoisotopic (exact) mass is 483 g/mol. The van der Waals surface area contributed by atoms with E-state index in [-0.39, 0.29) is 11.5 Å². The summed E-state index contributed by atoms with van der Waals surface area (Å²) in [4.78, 5) is 43.7. The Kier molecular flexibility index (Phi) is 7.08. The molecule has 1 aliphatic carbocycles. The Bertz CT molecular complexity index is 1170. The fraction of sp³-hybridized carbons (Fsp3) is 0.500. The normalized spacial score (nSPS) is 16.8. The number of hydrogen-bond donors (Lipinski definition) is 1. The second kappa shape index (κ2) is 10.4. The summed E-state index contributed by atoms with van der Waals surface area (Å²) in [6.45, 7) is 4.22. The fourth-order valence-corrected chi connectivity index (χ4v) is 6.74. The molecule has 0 spiro atoms. The summed E-state index contributed by atoms with van der Waals surface area (Å²) >= 11 is 3.34.